The summed E-state index contributed by atoms with van der Waals surface area (Å²) in [6, 6.07) is 18.1. The van der Waals surface area contributed by atoms with E-state index in [0.29, 0.717) is 0 Å². The summed E-state index contributed by atoms with van der Waals surface area (Å²) in [5.41, 5.74) is 12.4. The van der Waals surface area contributed by atoms with Crippen LogP contribution in [0.15, 0.2) is 59.6 Å². The highest BCUT2D eigenvalue weighted by molar-refractivity contribution is 6.23. The molecular weight excluding hydrogens is 274 g/mol. The molecule has 0 saturated carbocycles. The molecule has 22 heavy (non-hydrogen) atoms. The van der Waals surface area contributed by atoms with Crippen molar-refractivity contribution < 1.29 is 0 Å². The summed E-state index contributed by atoms with van der Waals surface area (Å²) < 4.78 is 0. The molecule has 0 spiro atoms. The number of guanidine groups is 2. The van der Waals surface area contributed by atoms with Crippen molar-refractivity contribution in [2.24, 2.45) is 16.5 Å². The first-order valence-electron chi connectivity index (χ1n) is 6.90. The van der Waals surface area contributed by atoms with Gasteiger partial charge in [-0.2, -0.15) is 0 Å². The number of nitrogens with one attached hydrogen (secondary N) is 1. The van der Waals surface area contributed by atoms with Gasteiger partial charge in [-0.15, -0.1) is 0 Å². The topological polar surface area (TPSA) is 91.5 Å². The number of nitrogens with two attached hydrogens (primary N) is 2. The first-order valence-corrected chi connectivity index (χ1v) is 6.90. The molecule has 0 saturated heterocycles. The van der Waals surface area contributed by atoms with Gasteiger partial charge in [-0.3, -0.25) is 15.3 Å². The van der Waals surface area contributed by atoms with Crippen LogP contribution in [0.2, 0.25) is 0 Å². The number of anilines is 1. The van der Waals surface area contributed by atoms with E-state index in [4.69, 9.17) is 16.9 Å². The molecule has 0 amide bonds. The normalized spacial score (nSPS) is 11.8. The highest BCUT2D eigenvalue weighted by atomic mass is 15.3. The van der Waals surface area contributed by atoms with Gasteiger partial charge >= 0.3 is 0 Å². The average molecular weight is 291 g/mol. The van der Waals surface area contributed by atoms with Crippen LogP contribution in [0, 0.1) is 5.41 Å². The van der Waals surface area contributed by atoms with Crippen molar-refractivity contribution in [2.75, 3.05) is 11.9 Å². The summed E-state index contributed by atoms with van der Waals surface area (Å²) in [5.74, 6) is 0.0245. The molecule has 0 unspecified atom stereocenters. The Morgan fingerprint density at radius 1 is 0.955 bits per heavy atom. The molecule has 5 nitrogen and oxygen atoms in total. The van der Waals surface area contributed by atoms with Gasteiger partial charge in [0.2, 0.25) is 5.96 Å². The van der Waals surface area contributed by atoms with E-state index in [1.165, 1.54) is 4.90 Å². The maximum Gasteiger partial charge on any atom is 0.202 e. The molecule has 0 heterocycles. The highest BCUT2D eigenvalue weighted by Crippen LogP contribution is 2.33. The largest absolute Gasteiger partial charge is 0.369 e. The van der Waals surface area contributed by atoms with Crippen molar-refractivity contribution >= 4 is 39.2 Å². The molecule has 0 atom stereocenters. The maximum atomic E-state index is 7.85. The van der Waals surface area contributed by atoms with E-state index in [1.54, 1.807) is 7.05 Å². The zero-order valence-corrected chi connectivity index (χ0v) is 12.2. The minimum atomic E-state index is -0.163. The molecule has 0 fully saturated rings. The second kappa shape index (κ2) is 5.37. The second-order valence-corrected chi connectivity index (χ2v) is 4.96. The lowest BCUT2D eigenvalue weighted by atomic mass is 10.00. The van der Waals surface area contributed by atoms with Gasteiger partial charge in [0.25, 0.3) is 0 Å². The molecule has 0 aliphatic heterocycles. The van der Waals surface area contributed by atoms with Crippen LogP contribution in [0.3, 0.4) is 0 Å². The van der Waals surface area contributed by atoms with Gasteiger partial charge in [-0.25, -0.2) is 0 Å². The summed E-state index contributed by atoms with van der Waals surface area (Å²) in [6.45, 7) is 0. The zero-order valence-electron chi connectivity index (χ0n) is 12.2. The fourth-order valence-electron chi connectivity index (χ4n) is 2.70. The number of fused-ring (bicyclic) bond motifs is 3. The van der Waals surface area contributed by atoms with Crippen LogP contribution in [0.4, 0.5) is 5.69 Å². The van der Waals surface area contributed by atoms with Crippen LogP contribution in [0.25, 0.3) is 21.5 Å². The van der Waals surface area contributed by atoms with Gasteiger partial charge in [0.05, 0.1) is 5.69 Å². The molecule has 0 bridgehead atoms. The third-order valence-electron chi connectivity index (χ3n) is 3.69. The van der Waals surface area contributed by atoms with Gasteiger partial charge in [-0.05, 0) is 22.2 Å². The number of benzene rings is 3. The first kappa shape index (κ1) is 13.9. The van der Waals surface area contributed by atoms with E-state index < -0.39 is 0 Å². The van der Waals surface area contributed by atoms with E-state index in [2.05, 4.69) is 17.1 Å². The second-order valence-electron chi connectivity index (χ2n) is 4.96. The Bertz CT molecular complexity index is 898. The molecule has 5 heteroatoms. The van der Waals surface area contributed by atoms with Gasteiger partial charge in [0.1, 0.15) is 0 Å². The van der Waals surface area contributed by atoms with Gasteiger partial charge in [-0.1, -0.05) is 48.5 Å². The van der Waals surface area contributed by atoms with Crippen molar-refractivity contribution in [3.05, 3.63) is 54.6 Å². The lowest BCUT2D eigenvalue weighted by molar-refractivity contribution is 1.25. The highest BCUT2D eigenvalue weighted by Gasteiger charge is 2.17. The van der Waals surface area contributed by atoms with Gasteiger partial charge < -0.3 is 11.5 Å². The predicted molar refractivity (Wildman–Crippen MR) is 93.4 cm³/mol. The molecular formula is C17H17N5. The number of nitrogens with zero attached hydrogens (tertiary/aromatic N) is 2. The third kappa shape index (κ3) is 2.13. The fourth-order valence-corrected chi connectivity index (χ4v) is 2.70. The summed E-state index contributed by atoms with van der Waals surface area (Å²) in [6.07, 6.45) is 0. The quantitative estimate of drug-likeness (QED) is 0.365. The van der Waals surface area contributed by atoms with Crippen LogP contribution < -0.4 is 16.4 Å². The first-order chi connectivity index (χ1) is 10.6. The summed E-state index contributed by atoms with van der Waals surface area (Å²) in [4.78, 5) is 5.43. The molecule has 0 aliphatic rings. The third-order valence-corrected chi connectivity index (χ3v) is 3.69. The maximum absolute atomic E-state index is 7.85. The van der Waals surface area contributed by atoms with Crippen LogP contribution >= 0.6 is 0 Å². The smallest absolute Gasteiger partial charge is 0.202 e. The minimum absolute atomic E-state index is 0.163. The van der Waals surface area contributed by atoms with Crippen molar-refractivity contribution in [1.29, 1.82) is 5.41 Å². The SMILES string of the molecule is CN=C(N)N(C(=N)N)c1cc2ccccc2c2ccccc12. The van der Waals surface area contributed by atoms with Crippen LogP contribution in [-0.4, -0.2) is 19.0 Å². The Balaban J connectivity index is 2.43. The number of hydrogen-bond acceptors (Lipinski definition) is 2. The summed E-state index contributed by atoms with van der Waals surface area (Å²) >= 11 is 0. The molecule has 3 aromatic rings. The van der Waals surface area contributed by atoms with Crippen LogP contribution in [0.1, 0.15) is 0 Å². The molecule has 0 aromatic heterocycles. The average Bonchev–Trinajstić information content (AvgIpc) is 2.54. The van der Waals surface area contributed by atoms with Gasteiger partial charge in [0.15, 0.2) is 5.96 Å². The number of rotatable bonds is 1. The van der Waals surface area contributed by atoms with Crippen molar-refractivity contribution in [1.82, 2.24) is 0 Å². The Morgan fingerprint density at radius 2 is 1.55 bits per heavy atom. The molecule has 5 N–H and O–H groups in total. The molecule has 0 aliphatic carbocycles. The Labute approximate surface area is 128 Å². The standard InChI is InChI=1S/C17H17N5/c1-21-17(20)22(16(18)19)15-10-11-6-2-3-7-12(11)13-8-4-5-9-14(13)15/h2-10H,1H3,(H3,18,19)(H2,20,21). The lowest BCUT2D eigenvalue weighted by Gasteiger charge is -2.23. The van der Waals surface area contributed by atoms with E-state index in [0.717, 1.165) is 27.2 Å². The number of hydrogen-bond donors (Lipinski definition) is 3. The monoisotopic (exact) mass is 291 g/mol. The Morgan fingerprint density at radius 3 is 2.18 bits per heavy atom. The van der Waals surface area contributed by atoms with Crippen molar-refractivity contribution in [2.45, 2.75) is 0 Å². The lowest BCUT2D eigenvalue weighted by Crippen LogP contribution is -2.45. The molecule has 3 rings (SSSR count). The Hall–Kier alpha value is -3.08. The predicted octanol–water partition coefficient (Wildman–Crippen LogP) is 2.64. The summed E-state index contributed by atoms with van der Waals surface area (Å²) in [7, 11) is 1.58. The van der Waals surface area contributed by atoms with Crippen molar-refractivity contribution in [3.63, 3.8) is 0 Å². The fraction of sp³-hybridized carbons (Fsp3) is 0.0588. The Kier molecular flexibility index (Phi) is 3.39. The van der Waals surface area contributed by atoms with E-state index in [1.807, 2.05) is 42.5 Å². The van der Waals surface area contributed by atoms with E-state index in [-0.39, 0.29) is 11.9 Å². The van der Waals surface area contributed by atoms with E-state index >= 15 is 0 Å². The number of aliphatic imine (C=N–C) groups is 1. The minimum Gasteiger partial charge on any atom is -0.369 e. The molecule has 3 aromatic carbocycles. The molecule has 0 radical (unpaired) electrons. The van der Waals surface area contributed by atoms with E-state index in [9.17, 15) is 0 Å². The van der Waals surface area contributed by atoms with Gasteiger partial charge in [0, 0.05) is 12.4 Å². The van der Waals surface area contributed by atoms with Crippen LogP contribution in [-0.2, 0) is 0 Å². The summed E-state index contributed by atoms with van der Waals surface area (Å²) in [5, 5.41) is 12.1. The zero-order chi connectivity index (χ0) is 15.7. The molecule has 110 valence electrons. The van der Waals surface area contributed by atoms with Crippen molar-refractivity contribution in [3.8, 4) is 0 Å². The van der Waals surface area contributed by atoms with Crippen LogP contribution in [0.5, 0.6) is 0 Å².